The minimum atomic E-state index is 0.145. The molecule has 0 saturated heterocycles. The number of fused-ring (bicyclic) bond motifs is 1. The molecule has 0 fully saturated rings. The number of aromatic nitrogens is 1. The van der Waals surface area contributed by atoms with E-state index in [1.165, 1.54) is 5.39 Å². The molecule has 0 aliphatic rings. The first-order valence-corrected chi connectivity index (χ1v) is 4.32. The quantitative estimate of drug-likeness (QED) is 0.736. The van der Waals surface area contributed by atoms with Crippen LogP contribution >= 0.6 is 0 Å². The van der Waals surface area contributed by atoms with Crippen LogP contribution in [0.1, 0.15) is 0 Å². The predicted octanol–water partition coefficient (Wildman–Crippen LogP) is 1.18. The zero-order valence-electron chi connectivity index (χ0n) is 7.27. The van der Waals surface area contributed by atoms with Crippen LogP contribution in [0.5, 0.6) is 0 Å². The van der Waals surface area contributed by atoms with Gasteiger partial charge in [-0.25, -0.2) is 0 Å². The fourth-order valence-corrected chi connectivity index (χ4v) is 1.39. The van der Waals surface area contributed by atoms with Crippen molar-refractivity contribution in [2.75, 3.05) is 18.6 Å². The Kier molecular flexibility index (Phi) is 2.19. The van der Waals surface area contributed by atoms with Crippen molar-refractivity contribution in [2.45, 2.75) is 0 Å². The van der Waals surface area contributed by atoms with Crippen LogP contribution in [-0.4, -0.2) is 22.9 Å². The molecule has 1 heterocycles. The molecule has 1 aromatic carbocycles. The third kappa shape index (κ3) is 1.51. The molecule has 0 bridgehead atoms. The SMILES string of the molecule is OCCNn1ccc2ccccc21. The lowest BCUT2D eigenvalue weighted by Crippen LogP contribution is -2.16. The Morgan fingerprint density at radius 3 is 2.92 bits per heavy atom. The van der Waals surface area contributed by atoms with E-state index >= 15 is 0 Å². The molecule has 2 aromatic rings. The molecule has 0 saturated carbocycles. The van der Waals surface area contributed by atoms with Crippen molar-refractivity contribution in [2.24, 2.45) is 0 Å². The monoisotopic (exact) mass is 176 g/mol. The highest BCUT2D eigenvalue weighted by molar-refractivity contribution is 5.80. The number of benzene rings is 1. The Bertz CT molecular complexity index is 394. The molecule has 2 N–H and O–H groups in total. The number of aliphatic hydroxyl groups is 1. The van der Waals surface area contributed by atoms with Gasteiger partial charge in [-0.05, 0) is 12.1 Å². The normalized spacial score (nSPS) is 10.5. The van der Waals surface area contributed by atoms with Crippen LogP contribution in [0.2, 0.25) is 0 Å². The van der Waals surface area contributed by atoms with Crippen LogP contribution < -0.4 is 5.43 Å². The van der Waals surface area contributed by atoms with Crippen molar-refractivity contribution in [1.29, 1.82) is 0 Å². The highest BCUT2D eigenvalue weighted by Gasteiger charge is 1.96. The number of aliphatic hydroxyl groups excluding tert-OH is 1. The Balaban J connectivity index is 2.35. The Labute approximate surface area is 76.6 Å². The third-order valence-corrected chi connectivity index (χ3v) is 1.99. The summed E-state index contributed by atoms with van der Waals surface area (Å²) in [5.74, 6) is 0. The molecular weight excluding hydrogens is 164 g/mol. The summed E-state index contributed by atoms with van der Waals surface area (Å²) in [5, 5.41) is 9.86. The van der Waals surface area contributed by atoms with Crippen molar-refractivity contribution in [3.05, 3.63) is 36.5 Å². The van der Waals surface area contributed by atoms with Gasteiger partial charge in [0.1, 0.15) is 0 Å². The molecule has 0 aliphatic heterocycles. The maximum atomic E-state index is 8.66. The number of para-hydroxylation sites is 1. The Morgan fingerprint density at radius 1 is 1.23 bits per heavy atom. The Morgan fingerprint density at radius 2 is 2.08 bits per heavy atom. The molecule has 1 aromatic heterocycles. The van der Waals surface area contributed by atoms with E-state index in [9.17, 15) is 0 Å². The first-order valence-electron chi connectivity index (χ1n) is 4.32. The van der Waals surface area contributed by atoms with Gasteiger partial charge in [0.25, 0.3) is 0 Å². The number of hydrogen-bond acceptors (Lipinski definition) is 2. The molecule has 0 atom stereocenters. The van der Waals surface area contributed by atoms with Crippen LogP contribution in [-0.2, 0) is 0 Å². The van der Waals surface area contributed by atoms with E-state index in [4.69, 9.17) is 5.11 Å². The van der Waals surface area contributed by atoms with Gasteiger partial charge in [0.05, 0.1) is 18.7 Å². The first-order chi connectivity index (χ1) is 6.42. The first kappa shape index (κ1) is 8.13. The fourth-order valence-electron chi connectivity index (χ4n) is 1.39. The molecular formula is C10H12N2O. The average molecular weight is 176 g/mol. The van der Waals surface area contributed by atoms with E-state index in [1.54, 1.807) is 0 Å². The van der Waals surface area contributed by atoms with Gasteiger partial charge in [-0.2, -0.15) is 0 Å². The minimum Gasteiger partial charge on any atom is -0.394 e. The highest BCUT2D eigenvalue weighted by atomic mass is 16.3. The summed E-state index contributed by atoms with van der Waals surface area (Å²) < 4.78 is 1.92. The van der Waals surface area contributed by atoms with Gasteiger partial charge in [0.2, 0.25) is 0 Å². The molecule has 13 heavy (non-hydrogen) atoms. The van der Waals surface area contributed by atoms with Crippen LogP contribution in [0, 0.1) is 0 Å². The number of rotatable bonds is 3. The maximum Gasteiger partial charge on any atom is 0.0692 e. The molecule has 0 aliphatic carbocycles. The van der Waals surface area contributed by atoms with Gasteiger partial charge >= 0.3 is 0 Å². The summed E-state index contributed by atoms with van der Waals surface area (Å²) in [5.41, 5.74) is 4.22. The van der Waals surface area contributed by atoms with E-state index in [0.717, 1.165) is 5.52 Å². The zero-order chi connectivity index (χ0) is 9.10. The molecule has 3 heteroatoms. The third-order valence-electron chi connectivity index (χ3n) is 1.99. The second kappa shape index (κ2) is 3.49. The second-order valence-corrected chi connectivity index (χ2v) is 2.88. The summed E-state index contributed by atoms with van der Waals surface area (Å²) in [6.45, 7) is 0.713. The van der Waals surface area contributed by atoms with Gasteiger partial charge in [0, 0.05) is 11.6 Å². The van der Waals surface area contributed by atoms with Crippen molar-refractivity contribution in [3.8, 4) is 0 Å². The topological polar surface area (TPSA) is 37.2 Å². The molecule has 0 amide bonds. The number of nitrogens with one attached hydrogen (secondary N) is 1. The summed E-state index contributed by atoms with van der Waals surface area (Å²) in [6.07, 6.45) is 1.96. The lowest BCUT2D eigenvalue weighted by molar-refractivity contribution is 0.307. The van der Waals surface area contributed by atoms with Crippen LogP contribution in [0.25, 0.3) is 10.9 Å². The van der Waals surface area contributed by atoms with E-state index in [0.29, 0.717) is 6.54 Å². The standard InChI is InChI=1S/C10H12N2O/c13-8-6-11-12-7-5-9-3-1-2-4-10(9)12/h1-5,7,11,13H,6,8H2. The lowest BCUT2D eigenvalue weighted by Gasteiger charge is -2.06. The van der Waals surface area contributed by atoms with Gasteiger partial charge in [-0.1, -0.05) is 18.2 Å². The zero-order valence-corrected chi connectivity index (χ0v) is 7.27. The summed E-state index contributed by atoms with van der Waals surface area (Å²) in [7, 11) is 0. The Hall–Kier alpha value is -1.48. The van der Waals surface area contributed by atoms with Crippen molar-refractivity contribution in [3.63, 3.8) is 0 Å². The van der Waals surface area contributed by atoms with Crippen LogP contribution in [0.3, 0.4) is 0 Å². The number of hydrogen-bond donors (Lipinski definition) is 2. The molecule has 68 valence electrons. The lowest BCUT2D eigenvalue weighted by atomic mass is 10.3. The molecule has 0 spiro atoms. The van der Waals surface area contributed by atoms with E-state index in [1.807, 2.05) is 35.1 Å². The van der Waals surface area contributed by atoms with Crippen molar-refractivity contribution >= 4 is 10.9 Å². The fraction of sp³-hybridized carbons (Fsp3) is 0.200. The van der Waals surface area contributed by atoms with E-state index < -0.39 is 0 Å². The van der Waals surface area contributed by atoms with Gasteiger partial charge in [-0.15, -0.1) is 0 Å². The predicted molar refractivity (Wildman–Crippen MR) is 53.3 cm³/mol. The van der Waals surface area contributed by atoms with Crippen molar-refractivity contribution < 1.29 is 5.11 Å². The summed E-state index contributed by atoms with van der Waals surface area (Å²) in [4.78, 5) is 0. The molecule has 0 unspecified atom stereocenters. The smallest absolute Gasteiger partial charge is 0.0692 e. The largest absolute Gasteiger partial charge is 0.394 e. The minimum absolute atomic E-state index is 0.145. The number of nitrogens with zero attached hydrogens (tertiary/aromatic N) is 1. The maximum absolute atomic E-state index is 8.66. The van der Waals surface area contributed by atoms with E-state index in [2.05, 4.69) is 11.5 Å². The van der Waals surface area contributed by atoms with Crippen molar-refractivity contribution in [1.82, 2.24) is 4.68 Å². The van der Waals surface area contributed by atoms with Gasteiger partial charge in [-0.3, -0.25) is 4.68 Å². The summed E-state index contributed by atoms with van der Waals surface area (Å²) >= 11 is 0. The average Bonchev–Trinajstić information content (AvgIpc) is 2.58. The van der Waals surface area contributed by atoms with Gasteiger partial charge in [0.15, 0.2) is 0 Å². The highest BCUT2D eigenvalue weighted by Crippen LogP contribution is 2.12. The second-order valence-electron chi connectivity index (χ2n) is 2.88. The molecule has 0 radical (unpaired) electrons. The van der Waals surface area contributed by atoms with E-state index in [-0.39, 0.29) is 6.61 Å². The van der Waals surface area contributed by atoms with Gasteiger partial charge < -0.3 is 10.5 Å². The molecule has 3 nitrogen and oxygen atoms in total. The molecule has 2 rings (SSSR count). The summed E-state index contributed by atoms with van der Waals surface area (Å²) in [6, 6.07) is 10.2. The van der Waals surface area contributed by atoms with Crippen LogP contribution in [0.4, 0.5) is 0 Å². The van der Waals surface area contributed by atoms with Crippen LogP contribution in [0.15, 0.2) is 36.5 Å².